The third-order valence-corrected chi connectivity index (χ3v) is 5.46. The molecule has 2 aliphatic rings. The lowest BCUT2D eigenvalue weighted by Gasteiger charge is -2.37. The standard InChI is InChI=1S/C24H27N3O4/c1-24(2,3)15-20(28)26-14-13-19-21(26)22(29)27(23(30)25-19)16-9-11-18(12-10-16)31-17-7-5-4-6-8-17/h4-12,19,21H,13-15H2,1-3H3,(H,25,30)/t19-,21+/m1/s1. The molecule has 7 heteroatoms. The van der Waals surface area contributed by atoms with Crippen LogP contribution in [0.3, 0.4) is 0 Å². The van der Waals surface area contributed by atoms with Crippen LogP contribution in [0.25, 0.3) is 0 Å². The Morgan fingerprint density at radius 3 is 2.32 bits per heavy atom. The Labute approximate surface area is 182 Å². The Morgan fingerprint density at radius 1 is 1.03 bits per heavy atom. The molecule has 2 aromatic carbocycles. The lowest BCUT2D eigenvalue weighted by Crippen LogP contribution is -2.65. The summed E-state index contributed by atoms with van der Waals surface area (Å²) in [5.41, 5.74) is 0.265. The van der Waals surface area contributed by atoms with Crippen LogP contribution >= 0.6 is 0 Å². The van der Waals surface area contributed by atoms with Crippen LogP contribution in [0, 0.1) is 5.41 Å². The van der Waals surface area contributed by atoms with E-state index in [0.717, 1.165) is 4.90 Å². The monoisotopic (exact) mass is 421 g/mol. The number of carbonyl (C=O) groups excluding carboxylic acids is 3. The maximum Gasteiger partial charge on any atom is 0.329 e. The molecule has 31 heavy (non-hydrogen) atoms. The lowest BCUT2D eigenvalue weighted by molar-refractivity contribution is -0.139. The largest absolute Gasteiger partial charge is 0.457 e. The summed E-state index contributed by atoms with van der Waals surface area (Å²) in [6, 6.07) is 14.6. The van der Waals surface area contributed by atoms with Crippen LogP contribution in [-0.2, 0) is 9.59 Å². The number of urea groups is 1. The highest BCUT2D eigenvalue weighted by Crippen LogP contribution is 2.31. The highest BCUT2D eigenvalue weighted by atomic mass is 16.5. The summed E-state index contributed by atoms with van der Waals surface area (Å²) >= 11 is 0. The first kappa shape index (κ1) is 20.9. The van der Waals surface area contributed by atoms with E-state index < -0.39 is 12.1 Å². The number of amides is 4. The Hall–Kier alpha value is -3.35. The average Bonchev–Trinajstić information content (AvgIpc) is 3.13. The molecule has 162 valence electrons. The number of hydrogen-bond donors (Lipinski definition) is 1. The molecule has 2 saturated heterocycles. The number of para-hydroxylation sites is 1. The quantitative estimate of drug-likeness (QED) is 0.811. The maximum atomic E-state index is 13.3. The van der Waals surface area contributed by atoms with Crippen molar-refractivity contribution >= 4 is 23.5 Å². The molecule has 0 saturated carbocycles. The molecule has 2 aromatic rings. The average molecular weight is 421 g/mol. The molecule has 0 unspecified atom stereocenters. The van der Waals surface area contributed by atoms with Gasteiger partial charge in [0.1, 0.15) is 17.5 Å². The molecule has 2 aliphatic heterocycles. The van der Waals surface area contributed by atoms with E-state index in [1.54, 1.807) is 29.2 Å². The summed E-state index contributed by atoms with van der Waals surface area (Å²) in [5.74, 6) is 0.866. The second-order valence-electron chi connectivity index (χ2n) is 9.20. The van der Waals surface area contributed by atoms with E-state index in [-0.39, 0.29) is 23.3 Å². The number of likely N-dealkylation sites (tertiary alicyclic amines) is 1. The number of benzene rings is 2. The molecule has 0 spiro atoms. The first-order chi connectivity index (χ1) is 14.7. The van der Waals surface area contributed by atoms with E-state index in [1.165, 1.54) is 0 Å². The van der Waals surface area contributed by atoms with Crippen LogP contribution < -0.4 is 15.0 Å². The van der Waals surface area contributed by atoms with E-state index in [9.17, 15) is 14.4 Å². The molecule has 2 atom stereocenters. The molecular weight excluding hydrogens is 394 g/mol. The summed E-state index contributed by atoms with van der Waals surface area (Å²) in [6.07, 6.45) is 0.929. The van der Waals surface area contributed by atoms with Gasteiger partial charge in [0, 0.05) is 13.0 Å². The second kappa shape index (κ2) is 8.06. The third kappa shape index (κ3) is 4.40. The van der Waals surface area contributed by atoms with Crippen LogP contribution in [0.2, 0.25) is 0 Å². The fourth-order valence-electron chi connectivity index (χ4n) is 4.07. The van der Waals surface area contributed by atoms with Crippen molar-refractivity contribution in [1.82, 2.24) is 10.2 Å². The summed E-state index contributed by atoms with van der Waals surface area (Å²) in [4.78, 5) is 41.6. The topological polar surface area (TPSA) is 79.0 Å². The zero-order valence-electron chi connectivity index (χ0n) is 18.0. The molecule has 4 amide bonds. The van der Waals surface area contributed by atoms with E-state index in [4.69, 9.17) is 4.74 Å². The van der Waals surface area contributed by atoms with E-state index in [0.29, 0.717) is 36.6 Å². The molecule has 0 aromatic heterocycles. The fraction of sp³-hybridized carbons (Fsp3) is 0.375. The minimum Gasteiger partial charge on any atom is -0.457 e. The van der Waals surface area contributed by atoms with Gasteiger partial charge >= 0.3 is 6.03 Å². The van der Waals surface area contributed by atoms with Crippen LogP contribution in [0.4, 0.5) is 10.5 Å². The smallest absolute Gasteiger partial charge is 0.329 e. The van der Waals surface area contributed by atoms with Crippen LogP contribution in [0.15, 0.2) is 54.6 Å². The van der Waals surface area contributed by atoms with Gasteiger partial charge in [0.25, 0.3) is 5.91 Å². The minimum absolute atomic E-state index is 0.0592. The molecular formula is C24H27N3O4. The van der Waals surface area contributed by atoms with Crippen molar-refractivity contribution in [3.63, 3.8) is 0 Å². The Bertz CT molecular complexity index is 982. The number of carbonyl (C=O) groups is 3. The molecule has 0 aliphatic carbocycles. The normalized spacial score (nSPS) is 21.0. The SMILES string of the molecule is CC(C)(C)CC(=O)N1CC[C@H]2NC(=O)N(c3ccc(Oc4ccccc4)cc3)C(=O)[C@H]21. The zero-order valence-corrected chi connectivity index (χ0v) is 18.0. The summed E-state index contributed by atoms with van der Waals surface area (Å²) in [5, 5.41) is 2.90. The second-order valence-corrected chi connectivity index (χ2v) is 9.20. The van der Waals surface area contributed by atoms with Crippen LogP contribution in [0.1, 0.15) is 33.6 Å². The number of rotatable bonds is 4. The Kier molecular flexibility index (Phi) is 5.43. The van der Waals surface area contributed by atoms with Gasteiger partial charge in [0.05, 0.1) is 11.7 Å². The summed E-state index contributed by atoms with van der Waals surface area (Å²) < 4.78 is 5.78. The van der Waals surface area contributed by atoms with Gasteiger partial charge in [-0.15, -0.1) is 0 Å². The number of anilines is 1. The van der Waals surface area contributed by atoms with Gasteiger partial charge in [-0.05, 0) is 48.2 Å². The number of imide groups is 1. The van der Waals surface area contributed by atoms with Crippen LogP contribution in [0.5, 0.6) is 11.5 Å². The van der Waals surface area contributed by atoms with Gasteiger partial charge in [0.15, 0.2) is 0 Å². The molecule has 0 bridgehead atoms. The zero-order chi connectivity index (χ0) is 22.2. The molecule has 0 radical (unpaired) electrons. The van der Waals surface area contributed by atoms with Gasteiger partial charge in [-0.3, -0.25) is 9.59 Å². The summed E-state index contributed by atoms with van der Waals surface area (Å²) in [7, 11) is 0. The van der Waals surface area contributed by atoms with Crippen molar-refractivity contribution in [3.05, 3.63) is 54.6 Å². The highest BCUT2D eigenvalue weighted by molar-refractivity contribution is 6.19. The van der Waals surface area contributed by atoms with Crippen molar-refractivity contribution in [2.24, 2.45) is 5.41 Å². The predicted octanol–water partition coefficient (Wildman–Crippen LogP) is 3.94. The lowest BCUT2D eigenvalue weighted by atomic mass is 9.91. The molecule has 7 nitrogen and oxygen atoms in total. The van der Waals surface area contributed by atoms with Gasteiger partial charge in [-0.2, -0.15) is 0 Å². The number of nitrogens with one attached hydrogen (secondary N) is 1. The van der Waals surface area contributed by atoms with Gasteiger partial charge in [-0.1, -0.05) is 39.0 Å². The van der Waals surface area contributed by atoms with Gasteiger partial charge in [0.2, 0.25) is 5.91 Å². The van der Waals surface area contributed by atoms with Crippen molar-refractivity contribution in [3.8, 4) is 11.5 Å². The molecule has 2 fully saturated rings. The Balaban J connectivity index is 1.53. The number of ether oxygens (including phenoxy) is 1. The Morgan fingerprint density at radius 2 is 1.68 bits per heavy atom. The molecule has 1 N–H and O–H groups in total. The molecule has 2 heterocycles. The molecule has 4 rings (SSSR count). The van der Waals surface area contributed by atoms with Crippen molar-refractivity contribution in [2.45, 2.75) is 45.7 Å². The summed E-state index contributed by atoms with van der Waals surface area (Å²) in [6.45, 7) is 6.45. The van der Waals surface area contributed by atoms with Crippen LogP contribution in [-0.4, -0.2) is 41.4 Å². The van der Waals surface area contributed by atoms with E-state index in [1.807, 2.05) is 51.1 Å². The number of hydrogen-bond acceptors (Lipinski definition) is 4. The fourth-order valence-corrected chi connectivity index (χ4v) is 4.07. The van der Waals surface area contributed by atoms with Gasteiger partial charge < -0.3 is 15.0 Å². The highest BCUT2D eigenvalue weighted by Gasteiger charge is 2.50. The number of nitrogens with zero attached hydrogens (tertiary/aromatic N) is 2. The third-order valence-electron chi connectivity index (χ3n) is 5.46. The van der Waals surface area contributed by atoms with E-state index >= 15 is 0 Å². The maximum absolute atomic E-state index is 13.3. The first-order valence-corrected chi connectivity index (χ1v) is 10.5. The van der Waals surface area contributed by atoms with Gasteiger partial charge in [-0.25, -0.2) is 9.69 Å². The van der Waals surface area contributed by atoms with E-state index in [2.05, 4.69) is 5.32 Å². The van der Waals surface area contributed by atoms with Crippen molar-refractivity contribution < 1.29 is 19.1 Å². The first-order valence-electron chi connectivity index (χ1n) is 10.5. The van der Waals surface area contributed by atoms with Crippen molar-refractivity contribution in [2.75, 3.05) is 11.4 Å². The predicted molar refractivity (Wildman–Crippen MR) is 117 cm³/mol. The minimum atomic E-state index is -0.673. The number of fused-ring (bicyclic) bond motifs is 1. The van der Waals surface area contributed by atoms with Crippen molar-refractivity contribution in [1.29, 1.82) is 0 Å².